The van der Waals surface area contributed by atoms with Crippen molar-refractivity contribution in [2.45, 2.75) is 31.7 Å². The van der Waals surface area contributed by atoms with Crippen molar-refractivity contribution in [2.75, 3.05) is 20.1 Å². The van der Waals surface area contributed by atoms with Gasteiger partial charge in [-0.1, -0.05) is 17.7 Å². The van der Waals surface area contributed by atoms with Crippen molar-refractivity contribution in [1.82, 2.24) is 10.2 Å². The summed E-state index contributed by atoms with van der Waals surface area (Å²) in [5.41, 5.74) is 0.0776. The number of piperidine rings is 1. The Morgan fingerprint density at radius 3 is 3.05 bits per heavy atom. The molecule has 0 aromatic heterocycles. The lowest BCUT2D eigenvalue weighted by Gasteiger charge is -2.36. The summed E-state index contributed by atoms with van der Waals surface area (Å²) in [6.45, 7) is 1.55. The number of amides is 1. The summed E-state index contributed by atoms with van der Waals surface area (Å²) in [6.07, 6.45) is 3.97. The summed E-state index contributed by atoms with van der Waals surface area (Å²) in [5, 5.41) is 3.10. The molecule has 2 rings (SSSR count). The van der Waals surface area contributed by atoms with Crippen LogP contribution in [0.5, 0.6) is 0 Å². The van der Waals surface area contributed by atoms with E-state index in [1.807, 2.05) is 7.05 Å². The number of hydrogen-bond acceptors (Lipinski definition) is 2. The molecule has 1 atom stereocenters. The Morgan fingerprint density at radius 1 is 1.50 bits per heavy atom. The van der Waals surface area contributed by atoms with Gasteiger partial charge < -0.3 is 10.2 Å². The molecule has 5 heteroatoms. The van der Waals surface area contributed by atoms with Gasteiger partial charge in [0.25, 0.3) is 5.91 Å². The highest BCUT2D eigenvalue weighted by Gasteiger charge is 2.28. The number of carbonyl (C=O) groups is 1. The molecule has 1 unspecified atom stereocenters. The summed E-state index contributed by atoms with van der Waals surface area (Å²) in [5.74, 6) is -0.858. The zero-order chi connectivity index (χ0) is 14.5. The van der Waals surface area contributed by atoms with E-state index in [0.29, 0.717) is 6.54 Å². The normalized spacial score (nSPS) is 19.1. The minimum Gasteiger partial charge on any atom is -0.336 e. The topological polar surface area (TPSA) is 32.3 Å². The molecule has 1 N–H and O–H groups in total. The average Bonchev–Trinajstić information content (AvgIpc) is 2.47. The first-order chi connectivity index (χ1) is 9.65. The van der Waals surface area contributed by atoms with Gasteiger partial charge in [-0.2, -0.15) is 0 Å². The van der Waals surface area contributed by atoms with Gasteiger partial charge in [-0.25, -0.2) is 4.39 Å². The van der Waals surface area contributed by atoms with Crippen LogP contribution in [0.2, 0.25) is 5.02 Å². The first-order valence-corrected chi connectivity index (χ1v) is 7.42. The Balaban J connectivity index is 2.18. The number of rotatable bonds is 4. The fourth-order valence-corrected chi connectivity index (χ4v) is 2.88. The van der Waals surface area contributed by atoms with Crippen LogP contribution in [0.25, 0.3) is 0 Å². The van der Waals surface area contributed by atoms with Crippen molar-refractivity contribution in [1.29, 1.82) is 0 Å². The summed E-state index contributed by atoms with van der Waals surface area (Å²) >= 11 is 5.76. The highest BCUT2D eigenvalue weighted by atomic mass is 35.5. The summed E-state index contributed by atoms with van der Waals surface area (Å²) in [6, 6.07) is 4.77. The predicted molar refractivity (Wildman–Crippen MR) is 78.6 cm³/mol. The number of hydrogen-bond donors (Lipinski definition) is 1. The molecule has 1 heterocycles. The van der Waals surface area contributed by atoms with Gasteiger partial charge in [-0.05, 0) is 51.4 Å². The Kier molecular flexibility index (Phi) is 5.38. The summed E-state index contributed by atoms with van der Waals surface area (Å²) < 4.78 is 14.0. The molecular formula is C15H20ClFN2O. The molecule has 0 saturated carbocycles. The standard InChI is InChI=1S/C15H20ClFN2O/c1-18-9-8-11-5-2-3-10-19(11)15(20)12-6-4-7-13(16)14(12)17/h4,6-7,11,18H,2-3,5,8-10H2,1H3. The van der Waals surface area contributed by atoms with Gasteiger partial charge in [0, 0.05) is 12.6 Å². The van der Waals surface area contributed by atoms with Gasteiger partial charge in [-0.15, -0.1) is 0 Å². The molecule has 1 aromatic carbocycles. The third kappa shape index (κ3) is 3.30. The fraction of sp³-hybridized carbons (Fsp3) is 0.533. The zero-order valence-electron chi connectivity index (χ0n) is 11.7. The van der Waals surface area contributed by atoms with Gasteiger partial charge in [-0.3, -0.25) is 4.79 Å². The van der Waals surface area contributed by atoms with Crippen LogP contribution in [-0.4, -0.2) is 37.0 Å². The largest absolute Gasteiger partial charge is 0.336 e. The highest BCUT2D eigenvalue weighted by Crippen LogP contribution is 2.25. The molecular weight excluding hydrogens is 279 g/mol. The molecule has 1 aromatic rings. The maximum atomic E-state index is 14.0. The molecule has 1 fully saturated rings. The Hall–Kier alpha value is -1.13. The Bertz CT molecular complexity index is 481. The lowest BCUT2D eigenvalue weighted by molar-refractivity contribution is 0.0598. The van der Waals surface area contributed by atoms with Gasteiger partial charge in [0.05, 0.1) is 10.6 Å². The van der Waals surface area contributed by atoms with Crippen molar-refractivity contribution in [3.05, 3.63) is 34.6 Å². The number of nitrogens with zero attached hydrogens (tertiary/aromatic N) is 1. The predicted octanol–water partition coefficient (Wildman–Crippen LogP) is 3.08. The average molecular weight is 299 g/mol. The molecule has 3 nitrogen and oxygen atoms in total. The zero-order valence-corrected chi connectivity index (χ0v) is 12.4. The second kappa shape index (κ2) is 7.04. The maximum absolute atomic E-state index is 14.0. The fourth-order valence-electron chi connectivity index (χ4n) is 2.70. The van der Waals surface area contributed by atoms with E-state index in [9.17, 15) is 9.18 Å². The molecule has 0 radical (unpaired) electrons. The van der Waals surface area contributed by atoms with Crippen molar-refractivity contribution in [3.63, 3.8) is 0 Å². The van der Waals surface area contributed by atoms with Gasteiger partial charge in [0.15, 0.2) is 5.82 Å². The third-order valence-corrected chi connectivity index (χ3v) is 4.09. The van der Waals surface area contributed by atoms with Crippen molar-refractivity contribution in [2.24, 2.45) is 0 Å². The van der Waals surface area contributed by atoms with E-state index >= 15 is 0 Å². The number of nitrogens with one attached hydrogen (secondary N) is 1. The smallest absolute Gasteiger partial charge is 0.257 e. The molecule has 0 spiro atoms. The quantitative estimate of drug-likeness (QED) is 0.926. The second-order valence-corrected chi connectivity index (χ2v) is 5.55. The molecule has 0 bridgehead atoms. The van der Waals surface area contributed by atoms with Crippen LogP contribution < -0.4 is 5.32 Å². The van der Waals surface area contributed by atoms with E-state index in [4.69, 9.17) is 11.6 Å². The first-order valence-electron chi connectivity index (χ1n) is 7.04. The number of likely N-dealkylation sites (tertiary alicyclic amines) is 1. The highest BCUT2D eigenvalue weighted by molar-refractivity contribution is 6.31. The van der Waals surface area contributed by atoms with E-state index < -0.39 is 5.82 Å². The number of benzene rings is 1. The van der Waals surface area contributed by atoms with Crippen LogP contribution in [0.3, 0.4) is 0 Å². The third-order valence-electron chi connectivity index (χ3n) is 3.80. The monoisotopic (exact) mass is 298 g/mol. The van der Waals surface area contributed by atoms with Crippen LogP contribution in [-0.2, 0) is 0 Å². The maximum Gasteiger partial charge on any atom is 0.257 e. The molecule has 20 heavy (non-hydrogen) atoms. The van der Waals surface area contributed by atoms with Gasteiger partial charge in [0.2, 0.25) is 0 Å². The minimum absolute atomic E-state index is 0.000339. The Morgan fingerprint density at radius 2 is 2.30 bits per heavy atom. The number of carbonyl (C=O) groups excluding carboxylic acids is 1. The van der Waals surface area contributed by atoms with Crippen molar-refractivity contribution >= 4 is 17.5 Å². The van der Waals surface area contributed by atoms with E-state index in [1.54, 1.807) is 11.0 Å². The van der Waals surface area contributed by atoms with E-state index in [0.717, 1.165) is 32.2 Å². The summed E-state index contributed by atoms with van der Waals surface area (Å²) in [7, 11) is 1.89. The van der Waals surface area contributed by atoms with Crippen LogP contribution in [0.15, 0.2) is 18.2 Å². The lowest BCUT2D eigenvalue weighted by Crippen LogP contribution is -2.45. The Labute approximate surface area is 124 Å². The second-order valence-electron chi connectivity index (χ2n) is 5.14. The number of halogens is 2. The molecule has 110 valence electrons. The molecule has 1 aliphatic heterocycles. The van der Waals surface area contributed by atoms with Crippen LogP contribution >= 0.6 is 11.6 Å². The molecule has 1 saturated heterocycles. The SMILES string of the molecule is CNCCC1CCCCN1C(=O)c1cccc(Cl)c1F. The van der Waals surface area contributed by atoms with E-state index in [2.05, 4.69) is 5.32 Å². The van der Waals surface area contributed by atoms with Crippen LogP contribution in [0, 0.1) is 5.82 Å². The molecule has 1 aliphatic rings. The molecule has 0 aliphatic carbocycles. The lowest BCUT2D eigenvalue weighted by atomic mass is 9.98. The molecule has 1 amide bonds. The van der Waals surface area contributed by atoms with Crippen molar-refractivity contribution in [3.8, 4) is 0 Å². The van der Waals surface area contributed by atoms with Gasteiger partial charge >= 0.3 is 0 Å². The van der Waals surface area contributed by atoms with E-state index in [1.165, 1.54) is 12.1 Å². The van der Waals surface area contributed by atoms with Gasteiger partial charge in [0.1, 0.15) is 0 Å². The summed E-state index contributed by atoms with van der Waals surface area (Å²) in [4.78, 5) is 14.4. The van der Waals surface area contributed by atoms with Crippen LogP contribution in [0.1, 0.15) is 36.0 Å². The minimum atomic E-state index is -0.614. The first kappa shape index (κ1) is 15.3. The van der Waals surface area contributed by atoms with Crippen LogP contribution in [0.4, 0.5) is 4.39 Å². The van der Waals surface area contributed by atoms with Crippen molar-refractivity contribution < 1.29 is 9.18 Å². The van der Waals surface area contributed by atoms with E-state index in [-0.39, 0.29) is 22.5 Å².